The number of carbonyl (C=O) groups excluding carboxylic acids is 2. The number of phosphoric acid groups is 1. The summed E-state index contributed by atoms with van der Waals surface area (Å²) in [5.74, 6) is -0.795. The SMILES string of the molecule is CCCCCCCCCCCCCCCCCC(=O)OCC(COP(=O)(O)OCC[NH3+])OC(=O)CCCCCCCCCCCCCCCCC. The van der Waals surface area contributed by atoms with Gasteiger partial charge >= 0.3 is 19.8 Å². The summed E-state index contributed by atoms with van der Waals surface area (Å²) in [4.78, 5) is 34.9. The standard InChI is InChI=1S/C41H82NO8P/c1-3-5-7-9-11-13-15-17-19-21-23-25-27-29-31-33-40(43)47-37-39(38-49-51(45,46)48-36-35-42)50-41(44)34-32-30-28-26-24-22-20-18-16-14-12-10-8-6-4-2/h39H,3-38,42H2,1-2H3,(H,45,46)/p+1. The van der Waals surface area contributed by atoms with Crippen LogP contribution in [-0.2, 0) is 32.7 Å². The van der Waals surface area contributed by atoms with E-state index in [1.54, 1.807) is 0 Å². The van der Waals surface area contributed by atoms with Gasteiger partial charge in [-0.25, -0.2) is 4.57 Å². The van der Waals surface area contributed by atoms with E-state index in [-0.39, 0.29) is 25.6 Å². The molecule has 4 N–H and O–H groups in total. The van der Waals surface area contributed by atoms with Crippen molar-refractivity contribution < 1.29 is 43.3 Å². The molecule has 2 atom stereocenters. The number of phosphoric ester groups is 1. The lowest BCUT2D eigenvalue weighted by Crippen LogP contribution is -2.52. The second kappa shape index (κ2) is 38.7. The van der Waals surface area contributed by atoms with Crippen molar-refractivity contribution in [1.29, 1.82) is 0 Å². The number of ether oxygens (including phenoxy) is 2. The van der Waals surface area contributed by atoms with Crippen LogP contribution in [0.4, 0.5) is 0 Å². The number of quaternary nitrogens is 1. The van der Waals surface area contributed by atoms with Crippen LogP contribution in [0.5, 0.6) is 0 Å². The molecule has 0 saturated heterocycles. The van der Waals surface area contributed by atoms with Crippen LogP contribution in [0.2, 0.25) is 0 Å². The Bertz CT molecular complexity index is 815. The van der Waals surface area contributed by atoms with Crippen LogP contribution in [0.3, 0.4) is 0 Å². The summed E-state index contributed by atoms with van der Waals surface area (Å²) >= 11 is 0. The summed E-state index contributed by atoms with van der Waals surface area (Å²) in [6.07, 6.45) is 37.1. The maximum Gasteiger partial charge on any atom is 0.472 e. The van der Waals surface area contributed by atoms with Gasteiger partial charge in [0, 0.05) is 12.8 Å². The molecule has 2 unspecified atom stereocenters. The summed E-state index contributed by atoms with van der Waals surface area (Å²) in [5, 5.41) is 0. The molecule has 0 bridgehead atoms. The van der Waals surface area contributed by atoms with Crippen LogP contribution in [0.25, 0.3) is 0 Å². The van der Waals surface area contributed by atoms with E-state index in [2.05, 4.69) is 19.6 Å². The van der Waals surface area contributed by atoms with Crippen LogP contribution in [0.1, 0.15) is 219 Å². The van der Waals surface area contributed by atoms with Crippen molar-refractivity contribution in [1.82, 2.24) is 0 Å². The van der Waals surface area contributed by atoms with Gasteiger partial charge in [0.1, 0.15) is 13.2 Å². The quantitative estimate of drug-likeness (QED) is 0.0358. The molecule has 51 heavy (non-hydrogen) atoms. The second-order valence-corrected chi connectivity index (χ2v) is 16.1. The van der Waals surface area contributed by atoms with Crippen LogP contribution in [0.15, 0.2) is 0 Å². The lowest BCUT2D eigenvalue weighted by Gasteiger charge is -2.19. The van der Waals surface area contributed by atoms with Crippen molar-refractivity contribution >= 4 is 19.8 Å². The van der Waals surface area contributed by atoms with Gasteiger partial charge in [-0.1, -0.05) is 194 Å². The molecule has 0 amide bonds. The lowest BCUT2D eigenvalue weighted by atomic mass is 10.0. The Kier molecular flexibility index (Phi) is 38.0. The molecule has 0 aliphatic heterocycles. The molecule has 0 aromatic heterocycles. The maximum absolute atomic E-state index is 12.6. The minimum atomic E-state index is -4.33. The summed E-state index contributed by atoms with van der Waals surface area (Å²) in [6, 6.07) is 0. The van der Waals surface area contributed by atoms with E-state index in [0.717, 1.165) is 32.1 Å². The van der Waals surface area contributed by atoms with Gasteiger partial charge in [0.2, 0.25) is 0 Å². The highest BCUT2D eigenvalue weighted by molar-refractivity contribution is 7.47. The topological polar surface area (TPSA) is 136 Å². The zero-order valence-corrected chi connectivity index (χ0v) is 34.4. The third kappa shape index (κ3) is 38.5. The highest BCUT2D eigenvalue weighted by atomic mass is 31.2. The molecule has 0 spiro atoms. The molecular formula is C41H83NO8P+. The average molecular weight is 749 g/mol. The predicted octanol–water partition coefficient (Wildman–Crippen LogP) is 11.3. The monoisotopic (exact) mass is 749 g/mol. The molecule has 0 radical (unpaired) electrons. The fourth-order valence-electron chi connectivity index (χ4n) is 6.29. The van der Waals surface area contributed by atoms with Gasteiger partial charge < -0.3 is 20.1 Å². The lowest BCUT2D eigenvalue weighted by molar-refractivity contribution is -0.371. The van der Waals surface area contributed by atoms with E-state index >= 15 is 0 Å². The summed E-state index contributed by atoms with van der Waals surface area (Å²) < 4.78 is 32.9. The molecule has 304 valence electrons. The normalized spacial score (nSPS) is 13.3. The van der Waals surface area contributed by atoms with E-state index in [1.165, 1.54) is 154 Å². The number of unbranched alkanes of at least 4 members (excludes halogenated alkanes) is 28. The van der Waals surface area contributed by atoms with Crippen LogP contribution < -0.4 is 5.73 Å². The predicted molar refractivity (Wildman–Crippen MR) is 209 cm³/mol. The molecule has 10 heteroatoms. The van der Waals surface area contributed by atoms with Gasteiger partial charge in [0.25, 0.3) is 0 Å². The minimum absolute atomic E-state index is 0.0360. The maximum atomic E-state index is 12.6. The first-order valence-electron chi connectivity index (χ1n) is 21.6. The summed E-state index contributed by atoms with van der Waals surface area (Å²) in [7, 11) is -4.33. The molecule has 0 rings (SSSR count). The third-order valence-electron chi connectivity index (χ3n) is 9.52. The third-order valence-corrected chi connectivity index (χ3v) is 10.5. The van der Waals surface area contributed by atoms with Crippen LogP contribution in [-0.4, -0.2) is 49.3 Å². The first kappa shape index (κ1) is 50.0. The van der Waals surface area contributed by atoms with Gasteiger partial charge in [0.05, 0.1) is 13.2 Å². The van der Waals surface area contributed by atoms with Gasteiger partial charge in [-0.05, 0) is 12.8 Å². The Morgan fingerprint density at radius 3 is 1.20 bits per heavy atom. The van der Waals surface area contributed by atoms with Gasteiger partial charge in [0.15, 0.2) is 6.10 Å². The Hall–Kier alpha value is -0.990. The van der Waals surface area contributed by atoms with Gasteiger partial charge in [-0.15, -0.1) is 0 Å². The first-order chi connectivity index (χ1) is 24.8. The van der Waals surface area contributed by atoms with E-state index in [9.17, 15) is 19.0 Å². The van der Waals surface area contributed by atoms with Crippen molar-refractivity contribution in [2.45, 2.75) is 225 Å². The molecule has 0 fully saturated rings. The molecule has 0 heterocycles. The minimum Gasteiger partial charge on any atom is -0.462 e. The van der Waals surface area contributed by atoms with Crippen molar-refractivity contribution in [3.8, 4) is 0 Å². The molecule has 0 aliphatic carbocycles. The van der Waals surface area contributed by atoms with Gasteiger partial charge in [-0.2, -0.15) is 0 Å². The second-order valence-electron chi connectivity index (χ2n) is 14.6. The molecule has 9 nitrogen and oxygen atoms in total. The van der Waals surface area contributed by atoms with Crippen LogP contribution >= 0.6 is 7.82 Å². The van der Waals surface area contributed by atoms with Crippen molar-refractivity contribution in [2.75, 3.05) is 26.4 Å². The fourth-order valence-corrected chi connectivity index (χ4v) is 7.08. The average Bonchev–Trinajstić information content (AvgIpc) is 3.11. The molecule has 0 saturated carbocycles. The summed E-state index contributed by atoms with van der Waals surface area (Å²) in [5.41, 5.74) is 3.58. The van der Waals surface area contributed by atoms with Crippen molar-refractivity contribution in [2.24, 2.45) is 0 Å². The smallest absolute Gasteiger partial charge is 0.462 e. The van der Waals surface area contributed by atoms with Gasteiger partial charge in [-0.3, -0.25) is 18.6 Å². The highest BCUT2D eigenvalue weighted by Crippen LogP contribution is 2.43. The zero-order valence-electron chi connectivity index (χ0n) is 33.5. The first-order valence-corrected chi connectivity index (χ1v) is 23.1. The van der Waals surface area contributed by atoms with Crippen LogP contribution in [0, 0.1) is 0 Å². The number of hydrogen-bond acceptors (Lipinski definition) is 7. The zero-order chi connectivity index (χ0) is 37.5. The number of rotatable bonds is 41. The highest BCUT2D eigenvalue weighted by Gasteiger charge is 2.26. The molecule has 0 aromatic rings. The fraction of sp³-hybridized carbons (Fsp3) is 0.951. The van der Waals surface area contributed by atoms with E-state index in [1.807, 2.05) is 0 Å². The number of carbonyl (C=O) groups is 2. The molecule has 0 aromatic carbocycles. The molecular weight excluding hydrogens is 665 g/mol. The van der Waals surface area contributed by atoms with E-state index < -0.39 is 26.5 Å². The number of esters is 2. The number of hydrogen-bond donors (Lipinski definition) is 2. The van der Waals surface area contributed by atoms with Crippen molar-refractivity contribution in [3.63, 3.8) is 0 Å². The largest absolute Gasteiger partial charge is 0.472 e. The van der Waals surface area contributed by atoms with E-state index in [0.29, 0.717) is 19.4 Å². The van der Waals surface area contributed by atoms with E-state index in [4.69, 9.17) is 18.5 Å². The Labute approximate surface area is 314 Å². The molecule has 0 aliphatic rings. The summed E-state index contributed by atoms with van der Waals surface area (Å²) in [6.45, 7) is 4.17. The van der Waals surface area contributed by atoms with Crippen molar-refractivity contribution in [3.05, 3.63) is 0 Å². The Morgan fingerprint density at radius 1 is 0.510 bits per heavy atom. The Balaban J connectivity index is 4.11. The Morgan fingerprint density at radius 2 is 0.843 bits per heavy atom.